The van der Waals surface area contributed by atoms with Crippen LogP contribution in [0.25, 0.3) is 10.9 Å². The number of benzene rings is 1. The Morgan fingerprint density at radius 2 is 2.16 bits per heavy atom. The molecule has 0 radical (unpaired) electrons. The van der Waals surface area contributed by atoms with Crippen LogP contribution in [0.1, 0.15) is 33.5 Å². The zero-order valence-corrected chi connectivity index (χ0v) is 14.7. The zero-order valence-electron chi connectivity index (χ0n) is 14.0. The van der Waals surface area contributed by atoms with Crippen LogP contribution < -0.4 is 0 Å². The SMILES string of the molecule is Cc1n[nH]c(C)c1C1COCCN1C(=O)c1n[nH]c2ccc(Cl)cc12. The van der Waals surface area contributed by atoms with Gasteiger partial charge in [-0.05, 0) is 32.0 Å². The maximum absolute atomic E-state index is 13.2. The molecule has 7 nitrogen and oxygen atoms in total. The number of aromatic amines is 2. The predicted molar refractivity (Wildman–Crippen MR) is 93.8 cm³/mol. The molecule has 4 rings (SSSR count). The van der Waals surface area contributed by atoms with Crippen LogP contribution in [0.3, 0.4) is 0 Å². The van der Waals surface area contributed by atoms with Gasteiger partial charge < -0.3 is 9.64 Å². The normalized spacial score (nSPS) is 18.0. The van der Waals surface area contributed by atoms with Gasteiger partial charge in [0.2, 0.25) is 0 Å². The Kier molecular flexibility index (Phi) is 3.97. The first-order valence-corrected chi connectivity index (χ1v) is 8.48. The van der Waals surface area contributed by atoms with Crippen molar-refractivity contribution >= 4 is 28.4 Å². The van der Waals surface area contributed by atoms with Crippen molar-refractivity contribution < 1.29 is 9.53 Å². The van der Waals surface area contributed by atoms with E-state index in [0.29, 0.717) is 30.5 Å². The lowest BCUT2D eigenvalue weighted by Gasteiger charge is -2.35. The molecule has 0 aliphatic carbocycles. The van der Waals surface area contributed by atoms with Crippen LogP contribution in [-0.2, 0) is 4.74 Å². The molecular weight excluding hydrogens is 342 g/mol. The van der Waals surface area contributed by atoms with E-state index in [4.69, 9.17) is 16.3 Å². The number of hydrogen-bond acceptors (Lipinski definition) is 4. The van der Waals surface area contributed by atoms with E-state index in [0.717, 1.165) is 27.9 Å². The molecule has 3 heterocycles. The first kappa shape index (κ1) is 16.1. The number of halogens is 1. The summed E-state index contributed by atoms with van der Waals surface area (Å²) in [5.41, 5.74) is 3.99. The lowest BCUT2D eigenvalue weighted by atomic mass is 10.0. The van der Waals surface area contributed by atoms with Crippen molar-refractivity contribution in [2.24, 2.45) is 0 Å². The Hall–Kier alpha value is -2.38. The standard InChI is InChI=1S/C17H18ClN5O2/c1-9-15(10(2)20-19-9)14-8-25-6-5-23(14)17(24)16-12-7-11(18)3-4-13(12)21-22-16/h3-4,7,14H,5-6,8H2,1-2H3,(H,19,20)(H,21,22). The predicted octanol–water partition coefficient (Wildman–Crippen LogP) is 2.77. The van der Waals surface area contributed by atoms with Crippen molar-refractivity contribution in [3.8, 4) is 0 Å². The van der Waals surface area contributed by atoms with Crippen LogP contribution in [0.4, 0.5) is 0 Å². The Bertz CT molecular complexity index is 928. The van der Waals surface area contributed by atoms with Crippen molar-refractivity contribution in [3.05, 3.63) is 45.9 Å². The number of aryl methyl sites for hydroxylation is 2. The highest BCUT2D eigenvalue weighted by Crippen LogP contribution is 2.31. The zero-order chi connectivity index (χ0) is 17.6. The molecule has 1 atom stereocenters. The fourth-order valence-corrected chi connectivity index (χ4v) is 3.59. The van der Waals surface area contributed by atoms with Gasteiger partial charge in [-0.1, -0.05) is 11.6 Å². The van der Waals surface area contributed by atoms with E-state index in [1.165, 1.54) is 0 Å². The number of carbonyl (C=O) groups excluding carboxylic acids is 1. The van der Waals surface area contributed by atoms with Crippen molar-refractivity contribution in [3.63, 3.8) is 0 Å². The number of nitrogens with one attached hydrogen (secondary N) is 2. The van der Waals surface area contributed by atoms with Gasteiger partial charge in [0.05, 0.1) is 30.5 Å². The Balaban J connectivity index is 1.75. The van der Waals surface area contributed by atoms with E-state index in [1.54, 1.807) is 12.1 Å². The first-order valence-electron chi connectivity index (χ1n) is 8.10. The molecule has 3 aromatic rings. The second-order valence-corrected chi connectivity index (χ2v) is 6.64. The second-order valence-electron chi connectivity index (χ2n) is 6.20. The molecule has 1 fully saturated rings. The summed E-state index contributed by atoms with van der Waals surface area (Å²) in [4.78, 5) is 15.0. The van der Waals surface area contributed by atoms with Gasteiger partial charge in [-0.15, -0.1) is 0 Å². The van der Waals surface area contributed by atoms with Crippen LogP contribution in [0, 0.1) is 13.8 Å². The summed E-state index contributed by atoms with van der Waals surface area (Å²) in [6.07, 6.45) is 0. The fraction of sp³-hybridized carbons (Fsp3) is 0.353. The molecule has 1 saturated heterocycles. The van der Waals surface area contributed by atoms with E-state index in [9.17, 15) is 4.79 Å². The number of aromatic nitrogens is 4. The Labute approximate surface area is 149 Å². The summed E-state index contributed by atoms with van der Waals surface area (Å²) in [5.74, 6) is -0.137. The minimum absolute atomic E-state index is 0.137. The lowest BCUT2D eigenvalue weighted by molar-refractivity contribution is -0.00322. The molecule has 1 unspecified atom stereocenters. The first-order chi connectivity index (χ1) is 12.1. The maximum Gasteiger partial charge on any atom is 0.275 e. The van der Waals surface area contributed by atoms with Crippen molar-refractivity contribution in [1.29, 1.82) is 0 Å². The highest BCUT2D eigenvalue weighted by Gasteiger charge is 2.34. The van der Waals surface area contributed by atoms with Crippen molar-refractivity contribution in [2.75, 3.05) is 19.8 Å². The summed E-state index contributed by atoms with van der Waals surface area (Å²) in [5, 5.41) is 15.7. The third-order valence-electron chi connectivity index (χ3n) is 4.64. The Morgan fingerprint density at radius 1 is 1.32 bits per heavy atom. The van der Waals surface area contributed by atoms with Gasteiger partial charge in [-0.2, -0.15) is 10.2 Å². The van der Waals surface area contributed by atoms with Gasteiger partial charge >= 0.3 is 0 Å². The van der Waals surface area contributed by atoms with Crippen LogP contribution in [0.15, 0.2) is 18.2 Å². The topological polar surface area (TPSA) is 86.9 Å². The minimum Gasteiger partial charge on any atom is -0.377 e. The molecule has 25 heavy (non-hydrogen) atoms. The summed E-state index contributed by atoms with van der Waals surface area (Å²) < 4.78 is 5.64. The monoisotopic (exact) mass is 359 g/mol. The number of hydrogen-bond donors (Lipinski definition) is 2. The molecule has 1 aromatic carbocycles. The van der Waals surface area contributed by atoms with Crippen LogP contribution >= 0.6 is 11.6 Å². The summed E-state index contributed by atoms with van der Waals surface area (Å²) in [7, 11) is 0. The molecule has 0 bridgehead atoms. The van der Waals surface area contributed by atoms with E-state index in [-0.39, 0.29) is 11.9 Å². The summed E-state index contributed by atoms with van der Waals surface area (Å²) >= 11 is 6.09. The number of ether oxygens (including phenoxy) is 1. The van der Waals surface area contributed by atoms with E-state index in [1.807, 2.05) is 24.8 Å². The number of morpholine rings is 1. The summed E-state index contributed by atoms with van der Waals surface area (Å²) in [6.45, 7) is 5.33. The van der Waals surface area contributed by atoms with E-state index < -0.39 is 0 Å². The van der Waals surface area contributed by atoms with Crippen LogP contribution in [0.5, 0.6) is 0 Å². The third-order valence-corrected chi connectivity index (χ3v) is 4.87. The number of amides is 1. The third kappa shape index (κ3) is 2.69. The van der Waals surface area contributed by atoms with E-state index >= 15 is 0 Å². The molecule has 130 valence electrons. The van der Waals surface area contributed by atoms with Crippen molar-refractivity contribution in [2.45, 2.75) is 19.9 Å². The number of H-pyrrole nitrogens is 2. The molecule has 1 amide bonds. The fourth-order valence-electron chi connectivity index (χ4n) is 3.42. The number of rotatable bonds is 2. The lowest BCUT2D eigenvalue weighted by Crippen LogP contribution is -2.44. The second kappa shape index (κ2) is 6.16. The quantitative estimate of drug-likeness (QED) is 0.736. The van der Waals surface area contributed by atoms with Crippen LogP contribution in [0.2, 0.25) is 5.02 Å². The van der Waals surface area contributed by atoms with E-state index in [2.05, 4.69) is 20.4 Å². The minimum atomic E-state index is -0.189. The van der Waals surface area contributed by atoms with Gasteiger partial charge in [0.1, 0.15) is 0 Å². The maximum atomic E-state index is 13.2. The molecule has 0 spiro atoms. The van der Waals surface area contributed by atoms with Gasteiger partial charge in [-0.3, -0.25) is 15.0 Å². The number of nitrogens with zero attached hydrogens (tertiary/aromatic N) is 3. The number of fused-ring (bicyclic) bond motifs is 1. The van der Waals surface area contributed by atoms with Crippen molar-refractivity contribution in [1.82, 2.24) is 25.3 Å². The molecule has 0 saturated carbocycles. The molecule has 2 aromatic heterocycles. The molecule has 8 heteroatoms. The van der Waals surface area contributed by atoms with Crippen LogP contribution in [-0.4, -0.2) is 51.0 Å². The molecular formula is C17H18ClN5O2. The Morgan fingerprint density at radius 3 is 2.92 bits per heavy atom. The smallest absolute Gasteiger partial charge is 0.275 e. The average molecular weight is 360 g/mol. The summed E-state index contributed by atoms with van der Waals surface area (Å²) in [6, 6.07) is 5.16. The van der Waals surface area contributed by atoms with Gasteiger partial charge in [0.25, 0.3) is 5.91 Å². The number of carbonyl (C=O) groups is 1. The molecule has 1 aliphatic rings. The van der Waals surface area contributed by atoms with Gasteiger partial charge in [-0.25, -0.2) is 0 Å². The highest BCUT2D eigenvalue weighted by molar-refractivity contribution is 6.31. The molecule has 2 N–H and O–H groups in total. The van der Waals surface area contributed by atoms with Gasteiger partial charge in [0.15, 0.2) is 5.69 Å². The largest absolute Gasteiger partial charge is 0.377 e. The van der Waals surface area contributed by atoms with Gasteiger partial charge in [0, 0.05) is 28.2 Å². The molecule has 1 aliphatic heterocycles. The average Bonchev–Trinajstić information content (AvgIpc) is 3.17. The highest BCUT2D eigenvalue weighted by atomic mass is 35.5.